The summed E-state index contributed by atoms with van der Waals surface area (Å²) < 4.78 is 0. The van der Waals surface area contributed by atoms with Crippen LogP contribution in [0.2, 0.25) is 0 Å². The van der Waals surface area contributed by atoms with E-state index in [2.05, 4.69) is 15.5 Å². The fourth-order valence-corrected chi connectivity index (χ4v) is 1.53. The zero-order chi connectivity index (χ0) is 9.97. The summed E-state index contributed by atoms with van der Waals surface area (Å²) in [7, 11) is 0. The quantitative estimate of drug-likeness (QED) is 0.745. The van der Waals surface area contributed by atoms with Gasteiger partial charge in [0.1, 0.15) is 5.82 Å². The zero-order valence-corrected chi connectivity index (χ0v) is 8.40. The van der Waals surface area contributed by atoms with Crippen LogP contribution in [-0.2, 0) is 0 Å². The van der Waals surface area contributed by atoms with Gasteiger partial charge in [0.05, 0.1) is 5.69 Å². The first-order valence-electron chi connectivity index (χ1n) is 5.06. The highest BCUT2D eigenvalue weighted by molar-refractivity contribution is 5.34. The van der Waals surface area contributed by atoms with E-state index < -0.39 is 0 Å². The summed E-state index contributed by atoms with van der Waals surface area (Å²) in [6, 6.07) is 4.27. The Balaban J connectivity index is 1.98. The molecule has 1 aliphatic rings. The molecule has 2 rings (SSSR count). The average molecular weight is 192 g/mol. The van der Waals surface area contributed by atoms with Crippen molar-refractivity contribution in [3.05, 3.63) is 17.8 Å². The van der Waals surface area contributed by atoms with Crippen LogP contribution in [0.25, 0.3) is 0 Å². The third-order valence-electron chi connectivity index (χ3n) is 2.58. The lowest BCUT2D eigenvalue weighted by Gasteiger charge is -2.15. The molecule has 0 saturated heterocycles. The van der Waals surface area contributed by atoms with Gasteiger partial charge in [0, 0.05) is 12.6 Å². The zero-order valence-electron chi connectivity index (χ0n) is 8.40. The van der Waals surface area contributed by atoms with Crippen molar-refractivity contribution in [2.45, 2.75) is 25.8 Å². The van der Waals surface area contributed by atoms with Crippen LogP contribution in [0.5, 0.6) is 0 Å². The number of anilines is 1. The predicted molar refractivity (Wildman–Crippen MR) is 56.0 cm³/mol. The van der Waals surface area contributed by atoms with Crippen molar-refractivity contribution >= 4 is 5.82 Å². The van der Waals surface area contributed by atoms with E-state index in [1.807, 2.05) is 19.1 Å². The van der Waals surface area contributed by atoms with Crippen LogP contribution >= 0.6 is 0 Å². The first kappa shape index (κ1) is 9.40. The minimum atomic E-state index is 0.368. The van der Waals surface area contributed by atoms with Crippen molar-refractivity contribution < 1.29 is 0 Å². The Bertz CT molecular complexity index is 291. The van der Waals surface area contributed by atoms with Gasteiger partial charge in [0.2, 0.25) is 0 Å². The lowest BCUT2D eigenvalue weighted by Crippen LogP contribution is -2.31. The monoisotopic (exact) mass is 192 g/mol. The Kier molecular flexibility index (Phi) is 2.63. The van der Waals surface area contributed by atoms with Gasteiger partial charge >= 0.3 is 0 Å². The van der Waals surface area contributed by atoms with Gasteiger partial charge < -0.3 is 11.1 Å². The number of nitrogens with zero attached hydrogens (tertiary/aromatic N) is 2. The molecule has 1 aliphatic carbocycles. The summed E-state index contributed by atoms with van der Waals surface area (Å²) >= 11 is 0. The summed E-state index contributed by atoms with van der Waals surface area (Å²) in [4.78, 5) is 0. The molecule has 1 aromatic rings. The number of aromatic nitrogens is 2. The number of nitrogens with one attached hydrogen (secondary N) is 1. The normalized spacial score (nSPS) is 17.9. The Morgan fingerprint density at radius 1 is 1.50 bits per heavy atom. The Labute approximate surface area is 83.9 Å². The second-order valence-electron chi connectivity index (χ2n) is 3.88. The molecule has 76 valence electrons. The molecule has 4 heteroatoms. The van der Waals surface area contributed by atoms with Gasteiger partial charge in [-0.25, -0.2) is 0 Å². The molecular weight excluding hydrogens is 176 g/mol. The van der Waals surface area contributed by atoms with Gasteiger partial charge in [-0.05, 0) is 37.8 Å². The molecule has 0 bridgehead atoms. The third kappa shape index (κ3) is 2.20. The second kappa shape index (κ2) is 3.92. The first-order chi connectivity index (χ1) is 6.79. The molecule has 0 spiro atoms. The molecule has 1 saturated carbocycles. The largest absolute Gasteiger partial charge is 0.364 e. The number of rotatable bonds is 4. The Hall–Kier alpha value is -1.16. The second-order valence-corrected chi connectivity index (χ2v) is 3.88. The molecule has 1 aromatic heterocycles. The van der Waals surface area contributed by atoms with Crippen molar-refractivity contribution in [2.75, 3.05) is 11.9 Å². The number of hydrogen-bond donors (Lipinski definition) is 2. The van der Waals surface area contributed by atoms with E-state index in [-0.39, 0.29) is 0 Å². The van der Waals surface area contributed by atoms with Crippen LogP contribution in [0, 0.1) is 12.8 Å². The van der Waals surface area contributed by atoms with Crippen molar-refractivity contribution in [2.24, 2.45) is 11.7 Å². The van der Waals surface area contributed by atoms with Gasteiger partial charge in [0.15, 0.2) is 0 Å². The molecular formula is C10H16N4. The maximum atomic E-state index is 5.68. The number of hydrogen-bond acceptors (Lipinski definition) is 4. The minimum absolute atomic E-state index is 0.368. The molecule has 0 aliphatic heterocycles. The van der Waals surface area contributed by atoms with Gasteiger partial charge in [0.25, 0.3) is 0 Å². The standard InChI is InChI=1S/C10H16N4/c1-7-2-5-10(14-13-7)12-9(6-11)8-3-4-8/h2,5,8-9H,3-4,6,11H2,1H3,(H,12,14). The summed E-state index contributed by atoms with van der Waals surface area (Å²) in [5.41, 5.74) is 6.62. The summed E-state index contributed by atoms with van der Waals surface area (Å²) in [5.74, 6) is 1.57. The molecule has 1 unspecified atom stereocenters. The van der Waals surface area contributed by atoms with Crippen LogP contribution in [0.4, 0.5) is 5.82 Å². The fraction of sp³-hybridized carbons (Fsp3) is 0.600. The van der Waals surface area contributed by atoms with Crippen LogP contribution in [0.15, 0.2) is 12.1 Å². The van der Waals surface area contributed by atoms with Crippen LogP contribution in [0.3, 0.4) is 0 Å². The van der Waals surface area contributed by atoms with Crippen molar-refractivity contribution in [3.8, 4) is 0 Å². The van der Waals surface area contributed by atoms with E-state index in [1.54, 1.807) is 0 Å². The lowest BCUT2D eigenvalue weighted by molar-refractivity contribution is 0.640. The van der Waals surface area contributed by atoms with E-state index >= 15 is 0 Å². The van der Waals surface area contributed by atoms with E-state index in [9.17, 15) is 0 Å². The van der Waals surface area contributed by atoms with Crippen molar-refractivity contribution in [1.82, 2.24) is 10.2 Å². The summed E-state index contributed by atoms with van der Waals surface area (Å²) in [5, 5.41) is 11.4. The number of nitrogens with two attached hydrogens (primary N) is 1. The molecule has 0 aromatic carbocycles. The van der Waals surface area contributed by atoms with E-state index in [0.29, 0.717) is 12.6 Å². The van der Waals surface area contributed by atoms with Crippen LogP contribution in [-0.4, -0.2) is 22.8 Å². The highest BCUT2D eigenvalue weighted by Gasteiger charge is 2.30. The van der Waals surface area contributed by atoms with Gasteiger partial charge in [-0.2, -0.15) is 5.10 Å². The summed E-state index contributed by atoms with van der Waals surface area (Å²) in [6.07, 6.45) is 2.57. The molecule has 0 radical (unpaired) electrons. The van der Waals surface area contributed by atoms with Crippen LogP contribution < -0.4 is 11.1 Å². The molecule has 3 N–H and O–H groups in total. The minimum Gasteiger partial charge on any atom is -0.364 e. The molecule has 0 amide bonds. The smallest absolute Gasteiger partial charge is 0.148 e. The van der Waals surface area contributed by atoms with Crippen LogP contribution in [0.1, 0.15) is 18.5 Å². The lowest BCUT2D eigenvalue weighted by atomic mass is 10.2. The maximum absolute atomic E-state index is 5.68. The molecule has 1 heterocycles. The van der Waals surface area contributed by atoms with E-state index in [4.69, 9.17) is 5.73 Å². The fourth-order valence-electron chi connectivity index (χ4n) is 1.53. The average Bonchev–Trinajstić information content (AvgIpc) is 3.01. The maximum Gasteiger partial charge on any atom is 0.148 e. The molecule has 1 fully saturated rings. The van der Waals surface area contributed by atoms with Crippen molar-refractivity contribution in [1.29, 1.82) is 0 Å². The van der Waals surface area contributed by atoms with E-state index in [0.717, 1.165) is 17.4 Å². The Morgan fingerprint density at radius 3 is 2.79 bits per heavy atom. The topological polar surface area (TPSA) is 63.8 Å². The van der Waals surface area contributed by atoms with Crippen molar-refractivity contribution in [3.63, 3.8) is 0 Å². The highest BCUT2D eigenvalue weighted by Crippen LogP contribution is 2.33. The third-order valence-corrected chi connectivity index (χ3v) is 2.58. The van der Waals surface area contributed by atoms with Gasteiger partial charge in [-0.15, -0.1) is 5.10 Å². The first-order valence-corrected chi connectivity index (χ1v) is 5.06. The predicted octanol–water partition coefficient (Wildman–Crippen LogP) is 0.934. The molecule has 1 atom stereocenters. The SMILES string of the molecule is Cc1ccc(NC(CN)C2CC2)nn1. The van der Waals surface area contributed by atoms with E-state index in [1.165, 1.54) is 12.8 Å². The molecule has 4 nitrogen and oxygen atoms in total. The summed E-state index contributed by atoms with van der Waals surface area (Å²) in [6.45, 7) is 2.60. The highest BCUT2D eigenvalue weighted by atomic mass is 15.2. The number of aryl methyl sites for hydroxylation is 1. The van der Waals surface area contributed by atoms with Gasteiger partial charge in [-0.3, -0.25) is 0 Å². The molecule has 14 heavy (non-hydrogen) atoms. The Morgan fingerprint density at radius 2 is 2.29 bits per heavy atom. The van der Waals surface area contributed by atoms with Gasteiger partial charge in [-0.1, -0.05) is 0 Å².